The number of rotatable bonds is 2. The first-order valence-corrected chi connectivity index (χ1v) is 3.63. The van der Waals surface area contributed by atoms with Crippen LogP contribution in [-0.2, 0) is 14.3 Å². The van der Waals surface area contributed by atoms with Crippen LogP contribution in [0.15, 0.2) is 0 Å². The van der Waals surface area contributed by atoms with E-state index in [0.717, 1.165) is 0 Å². The summed E-state index contributed by atoms with van der Waals surface area (Å²) in [7, 11) is 0. The van der Waals surface area contributed by atoms with Gasteiger partial charge in [-0.05, 0) is 13.8 Å². The van der Waals surface area contributed by atoms with Gasteiger partial charge in [-0.1, -0.05) is 0 Å². The molecule has 1 fully saturated rings. The zero-order valence-electron chi connectivity index (χ0n) is 7.94. The van der Waals surface area contributed by atoms with E-state index in [1.54, 1.807) is 13.8 Å². The summed E-state index contributed by atoms with van der Waals surface area (Å²) in [5.41, 5.74) is 0. The number of hydrogen-bond donors (Lipinski definition) is 1. The average molecular weight is 198 g/mol. The molecule has 1 aliphatic rings. The van der Waals surface area contributed by atoms with Gasteiger partial charge in [0.15, 0.2) is 5.79 Å². The van der Waals surface area contributed by atoms with Crippen LogP contribution in [0.2, 0.25) is 0 Å². The Morgan fingerprint density at radius 1 is 1.69 bits per heavy atom. The quantitative estimate of drug-likeness (QED) is 0.451. The van der Waals surface area contributed by atoms with Gasteiger partial charge in [-0.25, -0.2) is 0 Å². The Morgan fingerprint density at radius 3 is 2.54 bits per heavy atom. The summed E-state index contributed by atoms with van der Waals surface area (Å²) in [6.45, 7) is 3.37. The molecule has 0 aromatic rings. The van der Waals surface area contributed by atoms with Gasteiger partial charge < -0.3 is 24.5 Å². The van der Waals surface area contributed by atoms with Gasteiger partial charge in [-0.2, -0.15) is 0 Å². The van der Waals surface area contributed by atoms with E-state index in [0.29, 0.717) is 0 Å². The van der Waals surface area contributed by atoms with Crippen LogP contribution in [0.25, 0.3) is 0 Å². The van der Waals surface area contributed by atoms with Crippen molar-refractivity contribution >= 4 is 5.97 Å². The molecule has 1 aliphatic heterocycles. The number of aliphatic hydroxyl groups excluding tert-OH is 1. The molecule has 70 valence electrons. The second-order valence-electron chi connectivity index (χ2n) is 3.13. The van der Waals surface area contributed by atoms with E-state index in [-0.39, 0.29) is 36.2 Å². The molecule has 13 heavy (non-hydrogen) atoms. The van der Waals surface area contributed by atoms with Crippen molar-refractivity contribution in [3.63, 3.8) is 0 Å². The Balaban J connectivity index is 0.00000144. The fourth-order valence-electron chi connectivity index (χ4n) is 1.02. The van der Waals surface area contributed by atoms with Gasteiger partial charge in [0.25, 0.3) is 0 Å². The van der Waals surface area contributed by atoms with Crippen molar-refractivity contribution in [2.45, 2.75) is 31.8 Å². The summed E-state index contributed by atoms with van der Waals surface area (Å²) in [6, 6.07) is 0. The Morgan fingerprint density at radius 2 is 2.23 bits per heavy atom. The minimum Gasteiger partial charge on any atom is -0.547 e. The number of carboxylic acid groups (broad SMARTS) is 1. The molecule has 1 rings (SSSR count). The Labute approximate surface area is 98.3 Å². The molecule has 0 bridgehead atoms. The van der Waals surface area contributed by atoms with Gasteiger partial charge in [0.05, 0.1) is 12.6 Å². The minimum absolute atomic E-state index is 0. The number of carbonyl (C=O) groups excluding carboxylic acids is 1. The first kappa shape index (κ1) is 13.4. The van der Waals surface area contributed by atoms with Crippen LogP contribution in [0.3, 0.4) is 0 Å². The molecule has 1 heterocycles. The smallest absolute Gasteiger partial charge is 0.547 e. The van der Waals surface area contributed by atoms with E-state index in [1.807, 2.05) is 0 Å². The molecule has 1 N–H and O–H groups in total. The first-order valence-electron chi connectivity index (χ1n) is 3.63. The van der Waals surface area contributed by atoms with Crippen LogP contribution >= 0.6 is 0 Å². The fraction of sp³-hybridized carbons (Fsp3) is 0.857. The molecular weight excluding hydrogens is 187 g/mol. The van der Waals surface area contributed by atoms with Crippen molar-refractivity contribution < 1.29 is 54.0 Å². The molecule has 0 amide bonds. The van der Waals surface area contributed by atoms with Crippen molar-refractivity contribution in [1.82, 2.24) is 0 Å². The van der Waals surface area contributed by atoms with E-state index in [9.17, 15) is 9.90 Å². The summed E-state index contributed by atoms with van der Waals surface area (Å²) < 4.78 is 10.1. The summed E-state index contributed by atoms with van der Waals surface area (Å²) in [5.74, 6) is -2.36. The van der Waals surface area contributed by atoms with E-state index in [1.165, 1.54) is 0 Å². The Hall–Kier alpha value is 0.350. The molecule has 0 unspecified atom stereocenters. The van der Waals surface area contributed by atoms with Crippen LogP contribution < -0.4 is 34.7 Å². The number of hydrogen-bond acceptors (Lipinski definition) is 5. The van der Waals surface area contributed by atoms with E-state index in [4.69, 9.17) is 14.6 Å². The van der Waals surface area contributed by atoms with Crippen molar-refractivity contribution in [1.29, 1.82) is 0 Å². The van der Waals surface area contributed by atoms with Gasteiger partial charge in [-0.3, -0.25) is 0 Å². The van der Waals surface area contributed by atoms with Crippen LogP contribution in [-0.4, -0.2) is 35.7 Å². The molecule has 2 atom stereocenters. The maximum absolute atomic E-state index is 10.2. The number of carbonyl (C=O) groups is 1. The molecular formula is C7H11NaO5. The Bertz CT molecular complexity index is 193. The van der Waals surface area contributed by atoms with Crippen molar-refractivity contribution in [3.8, 4) is 0 Å². The number of ether oxygens (including phenoxy) is 2. The van der Waals surface area contributed by atoms with Gasteiger partial charge in [0.1, 0.15) is 12.2 Å². The maximum Gasteiger partial charge on any atom is 1.00 e. The van der Waals surface area contributed by atoms with Crippen molar-refractivity contribution in [2.75, 3.05) is 6.61 Å². The largest absolute Gasteiger partial charge is 1.00 e. The number of aliphatic carboxylic acids is 1. The zero-order chi connectivity index (χ0) is 9.35. The summed E-state index contributed by atoms with van der Waals surface area (Å²) in [4.78, 5) is 10.2. The van der Waals surface area contributed by atoms with Crippen LogP contribution in [0.4, 0.5) is 0 Å². The minimum atomic E-state index is -1.62. The molecule has 5 nitrogen and oxygen atoms in total. The summed E-state index contributed by atoms with van der Waals surface area (Å²) >= 11 is 0. The third-order valence-electron chi connectivity index (χ3n) is 1.62. The molecule has 0 aromatic heterocycles. The van der Waals surface area contributed by atoms with Crippen LogP contribution in [0, 0.1) is 0 Å². The summed E-state index contributed by atoms with van der Waals surface area (Å²) in [6.07, 6.45) is -2.45. The summed E-state index contributed by atoms with van der Waals surface area (Å²) in [5, 5.41) is 19.2. The predicted molar refractivity (Wildman–Crippen MR) is 35.9 cm³/mol. The molecule has 0 radical (unpaired) electrons. The number of aliphatic hydroxyl groups is 1. The van der Waals surface area contributed by atoms with Gasteiger partial charge >= 0.3 is 29.6 Å². The fourth-order valence-corrected chi connectivity index (χ4v) is 1.02. The van der Waals surface area contributed by atoms with E-state index >= 15 is 0 Å². The third kappa shape index (κ3) is 3.53. The molecule has 0 aromatic carbocycles. The average Bonchev–Trinajstić information content (AvgIpc) is 2.28. The maximum atomic E-state index is 10.2. The predicted octanol–water partition coefficient (Wildman–Crippen LogP) is -4.75. The Kier molecular flexibility index (Phi) is 4.85. The van der Waals surface area contributed by atoms with Crippen LogP contribution in [0.1, 0.15) is 13.8 Å². The van der Waals surface area contributed by atoms with Crippen molar-refractivity contribution in [3.05, 3.63) is 0 Å². The number of carboxylic acids is 1. The second-order valence-corrected chi connectivity index (χ2v) is 3.13. The molecule has 0 spiro atoms. The first-order chi connectivity index (χ1) is 5.42. The molecule has 6 heteroatoms. The van der Waals surface area contributed by atoms with Gasteiger partial charge in [-0.15, -0.1) is 0 Å². The molecule has 0 saturated carbocycles. The van der Waals surface area contributed by atoms with Crippen LogP contribution in [0.5, 0.6) is 0 Å². The topological polar surface area (TPSA) is 78.8 Å². The molecule has 0 aliphatic carbocycles. The zero-order valence-corrected chi connectivity index (χ0v) is 9.94. The van der Waals surface area contributed by atoms with Crippen molar-refractivity contribution in [2.24, 2.45) is 0 Å². The third-order valence-corrected chi connectivity index (χ3v) is 1.62. The van der Waals surface area contributed by atoms with Gasteiger partial charge in [0.2, 0.25) is 0 Å². The normalized spacial score (nSPS) is 27.8. The molecule has 1 saturated heterocycles. The van der Waals surface area contributed by atoms with E-state index < -0.39 is 24.0 Å². The van der Waals surface area contributed by atoms with Gasteiger partial charge in [0, 0.05) is 0 Å². The SMILES string of the molecule is CC1(C)OC[C@@H]([C@@H](O)C(=O)[O-])O1.[Na+]. The van der Waals surface area contributed by atoms with E-state index in [2.05, 4.69) is 0 Å². The monoisotopic (exact) mass is 198 g/mol. The second kappa shape index (κ2) is 4.72. The standard InChI is InChI=1S/C7H12O5.Na/c1-7(2)11-3-4(12-7)5(8)6(9)10;/h4-5,8H,3H2,1-2H3,(H,9,10);/q;+1/p-1/t4-,5+;/m0./s1.